The quantitative estimate of drug-likeness (QED) is 0.441. The minimum atomic E-state index is -0.607. The summed E-state index contributed by atoms with van der Waals surface area (Å²) >= 11 is 1.33. The molecular weight excluding hydrogens is 394 g/mol. The van der Waals surface area contributed by atoms with Crippen LogP contribution in [0.25, 0.3) is 17.1 Å². The van der Waals surface area contributed by atoms with E-state index in [2.05, 4.69) is 26.4 Å². The fourth-order valence-electron chi connectivity index (χ4n) is 3.08. The minimum absolute atomic E-state index is 0.120. The summed E-state index contributed by atoms with van der Waals surface area (Å²) in [5.74, 6) is 3.51. The Kier molecular flexibility index (Phi) is 6.91. The average Bonchev–Trinajstić information content (AvgIpc) is 3.21. The molecule has 0 fully saturated rings. The van der Waals surface area contributed by atoms with Crippen LogP contribution in [0.1, 0.15) is 32.3 Å². The molecule has 0 spiro atoms. The van der Waals surface area contributed by atoms with Crippen molar-refractivity contribution in [3.05, 3.63) is 54.4 Å². The number of thioether (sulfide) groups is 1. The summed E-state index contributed by atoms with van der Waals surface area (Å²) in [5.41, 5.74) is 2.39. The molecule has 2 aromatic heterocycles. The smallest absolute Gasteiger partial charge is 0.231 e. The second-order valence-corrected chi connectivity index (χ2v) is 7.93. The lowest BCUT2D eigenvalue weighted by Crippen LogP contribution is -2.47. The van der Waals surface area contributed by atoms with Gasteiger partial charge in [-0.25, -0.2) is 0 Å². The standard InChI is InChI=1S/C23H25N5OS/c1-5-23(6-2,7-3)25-20(29)16-30-22-27-26-21(18-12-14-24-15-13-18)28(22)19-10-8-17(4)9-11-19/h1,8-15H,6-7,16H2,2-4H3,(H,25,29). The van der Waals surface area contributed by atoms with Gasteiger partial charge in [0.1, 0.15) is 5.54 Å². The summed E-state index contributed by atoms with van der Waals surface area (Å²) in [6.07, 6.45) is 10.5. The molecule has 30 heavy (non-hydrogen) atoms. The van der Waals surface area contributed by atoms with E-state index in [-0.39, 0.29) is 11.7 Å². The van der Waals surface area contributed by atoms with Gasteiger partial charge in [-0.2, -0.15) is 0 Å². The van der Waals surface area contributed by atoms with E-state index in [4.69, 9.17) is 6.42 Å². The van der Waals surface area contributed by atoms with E-state index < -0.39 is 5.54 Å². The first kappa shape index (κ1) is 21.6. The lowest BCUT2D eigenvalue weighted by Gasteiger charge is -2.26. The Bertz CT molecular complexity index is 1030. The molecule has 0 radical (unpaired) electrons. The molecule has 1 aromatic carbocycles. The molecule has 0 aliphatic carbocycles. The molecule has 1 N–H and O–H groups in total. The molecule has 0 saturated heterocycles. The number of benzene rings is 1. The van der Waals surface area contributed by atoms with Crippen LogP contribution in [0.3, 0.4) is 0 Å². The molecule has 0 atom stereocenters. The molecule has 0 unspecified atom stereocenters. The van der Waals surface area contributed by atoms with Gasteiger partial charge < -0.3 is 5.32 Å². The molecule has 3 aromatic rings. The second kappa shape index (κ2) is 9.59. The third-order valence-electron chi connectivity index (χ3n) is 5.06. The van der Waals surface area contributed by atoms with Gasteiger partial charge in [-0.15, -0.1) is 16.6 Å². The predicted octanol–water partition coefficient (Wildman–Crippen LogP) is 4.04. The van der Waals surface area contributed by atoms with Crippen LogP contribution in [0.2, 0.25) is 0 Å². The predicted molar refractivity (Wildman–Crippen MR) is 120 cm³/mol. The van der Waals surface area contributed by atoms with Gasteiger partial charge in [0.2, 0.25) is 5.91 Å². The highest BCUT2D eigenvalue weighted by atomic mass is 32.2. The Morgan fingerprint density at radius 3 is 2.40 bits per heavy atom. The molecule has 154 valence electrons. The molecule has 0 aliphatic heterocycles. The molecule has 6 nitrogen and oxygen atoms in total. The Morgan fingerprint density at radius 1 is 1.13 bits per heavy atom. The van der Waals surface area contributed by atoms with Crippen LogP contribution in [0, 0.1) is 19.3 Å². The number of carbonyl (C=O) groups is 1. The fraction of sp³-hybridized carbons (Fsp3) is 0.304. The van der Waals surface area contributed by atoms with Crippen LogP contribution in [0.15, 0.2) is 53.9 Å². The Morgan fingerprint density at radius 2 is 1.80 bits per heavy atom. The number of pyridine rings is 1. The summed E-state index contributed by atoms with van der Waals surface area (Å²) in [6, 6.07) is 11.9. The van der Waals surface area contributed by atoms with Gasteiger partial charge >= 0.3 is 0 Å². The number of carbonyl (C=O) groups excluding carboxylic acids is 1. The molecule has 0 saturated carbocycles. The zero-order chi connectivity index (χ0) is 21.6. The second-order valence-electron chi connectivity index (χ2n) is 6.98. The van der Waals surface area contributed by atoms with Crippen molar-refractivity contribution in [3.8, 4) is 29.4 Å². The lowest BCUT2D eigenvalue weighted by atomic mass is 9.94. The highest BCUT2D eigenvalue weighted by Gasteiger charge is 2.26. The number of terminal acetylenes is 1. The van der Waals surface area contributed by atoms with Gasteiger partial charge in [0, 0.05) is 23.6 Å². The third-order valence-corrected chi connectivity index (χ3v) is 5.99. The van der Waals surface area contributed by atoms with E-state index in [0.29, 0.717) is 23.8 Å². The molecule has 1 amide bonds. The van der Waals surface area contributed by atoms with Crippen molar-refractivity contribution < 1.29 is 4.79 Å². The first-order valence-corrected chi connectivity index (χ1v) is 10.8. The number of amides is 1. The van der Waals surface area contributed by atoms with Crippen LogP contribution in [-0.2, 0) is 4.79 Å². The zero-order valence-corrected chi connectivity index (χ0v) is 18.2. The Hall–Kier alpha value is -3.11. The first-order valence-electron chi connectivity index (χ1n) is 9.86. The third kappa shape index (κ3) is 4.71. The van der Waals surface area contributed by atoms with E-state index in [1.807, 2.05) is 61.7 Å². The number of nitrogens with one attached hydrogen (secondary N) is 1. The minimum Gasteiger partial charge on any atom is -0.339 e. The molecule has 3 rings (SSSR count). The van der Waals surface area contributed by atoms with Crippen molar-refractivity contribution in [1.29, 1.82) is 0 Å². The summed E-state index contributed by atoms with van der Waals surface area (Å²) in [6.45, 7) is 6.00. The first-order chi connectivity index (χ1) is 14.5. The van der Waals surface area contributed by atoms with Gasteiger partial charge in [-0.05, 0) is 44.0 Å². The maximum absolute atomic E-state index is 12.6. The Labute approximate surface area is 181 Å². The summed E-state index contributed by atoms with van der Waals surface area (Å²) in [7, 11) is 0. The lowest BCUT2D eigenvalue weighted by molar-refractivity contribution is -0.119. The fourth-order valence-corrected chi connectivity index (χ4v) is 3.83. The van der Waals surface area contributed by atoms with Crippen LogP contribution >= 0.6 is 11.8 Å². The summed E-state index contributed by atoms with van der Waals surface area (Å²) in [4.78, 5) is 16.7. The van der Waals surface area contributed by atoms with E-state index >= 15 is 0 Å². The molecule has 7 heteroatoms. The monoisotopic (exact) mass is 419 g/mol. The van der Waals surface area contributed by atoms with E-state index in [1.165, 1.54) is 11.8 Å². The number of rotatable bonds is 8. The SMILES string of the molecule is C#CC(CC)(CC)NC(=O)CSc1nnc(-c2ccncc2)n1-c1ccc(C)cc1. The van der Waals surface area contributed by atoms with E-state index in [1.54, 1.807) is 12.4 Å². The van der Waals surface area contributed by atoms with Crippen molar-refractivity contribution in [2.24, 2.45) is 0 Å². The Balaban J connectivity index is 1.88. The van der Waals surface area contributed by atoms with Crippen LogP contribution in [-0.4, -0.2) is 36.9 Å². The highest BCUT2D eigenvalue weighted by molar-refractivity contribution is 7.99. The van der Waals surface area contributed by atoms with Crippen LogP contribution in [0.5, 0.6) is 0 Å². The van der Waals surface area contributed by atoms with Crippen molar-refractivity contribution in [2.75, 3.05) is 5.75 Å². The zero-order valence-electron chi connectivity index (χ0n) is 17.4. The molecule has 0 bridgehead atoms. The highest BCUT2D eigenvalue weighted by Crippen LogP contribution is 2.28. The topological polar surface area (TPSA) is 72.7 Å². The van der Waals surface area contributed by atoms with Crippen molar-refractivity contribution in [3.63, 3.8) is 0 Å². The van der Waals surface area contributed by atoms with Gasteiger partial charge in [0.15, 0.2) is 11.0 Å². The molecular formula is C23H25N5OS. The van der Waals surface area contributed by atoms with Crippen LogP contribution in [0.4, 0.5) is 0 Å². The maximum atomic E-state index is 12.6. The average molecular weight is 420 g/mol. The number of nitrogens with zero attached hydrogens (tertiary/aromatic N) is 4. The van der Waals surface area contributed by atoms with Crippen molar-refractivity contribution in [1.82, 2.24) is 25.1 Å². The van der Waals surface area contributed by atoms with Crippen molar-refractivity contribution in [2.45, 2.75) is 44.3 Å². The molecule has 0 aliphatic rings. The normalized spacial score (nSPS) is 11.1. The molecule has 2 heterocycles. The van der Waals surface area contributed by atoms with E-state index in [0.717, 1.165) is 16.8 Å². The summed E-state index contributed by atoms with van der Waals surface area (Å²) in [5, 5.41) is 12.4. The van der Waals surface area contributed by atoms with Gasteiger partial charge in [0.05, 0.1) is 5.75 Å². The maximum Gasteiger partial charge on any atom is 0.231 e. The number of aromatic nitrogens is 4. The van der Waals surface area contributed by atoms with Crippen LogP contribution < -0.4 is 5.32 Å². The van der Waals surface area contributed by atoms with E-state index in [9.17, 15) is 4.79 Å². The van der Waals surface area contributed by atoms with Gasteiger partial charge in [0.25, 0.3) is 0 Å². The number of aryl methyl sites for hydroxylation is 1. The van der Waals surface area contributed by atoms with Gasteiger partial charge in [-0.3, -0.25) is 14.3 Å². The number of hydrogen-bond acceptors (Lipinski definition) is 5. The number of hydrogen-bond donors (Lipinski definition) is 1. The van der Waals surface area contributed by atoms with Crippen molar-refractivity contribution >= 4 is 17.7 Å². The van der Waals surface area contributed by atoms with Gasteiger partial charge in [-0.1, -0.05) is 49.2 Å². The summed E-state index contributed by atoms with van der Waals surface area (Å²) < 4.78 is 1.96. The largest absolute Gasteiger partial charge is 0.339 e.